The molecule has 1 aromatic heterocycles. The van der Waals surface area contributed by atoms with E-state index in [2.05, 4.69) is 53.5 Å². The minimum absolute atomic E-state index is 0. The van der Waals surface area contributed by atoms with E-state index >= 15 is 0 Å². The maximum Gasteiger partial charge on any atom is 0.191 e. The third-order valence-electron chi connectivity index (χ3n) is 3.75. The molecule has 0 saturated carbocycles. The molecule has 1 aromatic carbocycles. The Labute approximate surface area is 184 Å². The Morgan fingerprint density at radius 1 is 1.30 bits per heavy atom. The van der Waals surface area contributed by atoms with Gasteiger partial charge < -0.3 is 15.4 Å². The monoisotopic (exact) mass is 502 g/mol. The van der Waals surface area contributed by atoms with Crippen LogP contribution in [0.4, 0.5) is 0 Å². The molecule has 150 valence electrons. The smallest absolute Gasteiger partial charge is 0.191 e. The third kappa shape index (κ3) is 8.92. The van der Waals surface area contributed by atoms with Gasteiger partial charge in [-0.2, -0.15) is 0 Å². The molecule has 1 heterocycles. The normalized spacial score (nSPS) is 11.2. The van der Waals surface area contributed by atoms with E-state index in [9.17, 15) is 0 Å². The first-order valence-electron chi connectivity index (χ1n) is 9.20. The van der Waals surface area contributed by atoms with Gasteiger partial charge in [0.05, 0.1) is 11.6 Å². The van der Waals surface area contributed by atoms with Gasteiger partial charge >= 0.3 is 0 Å². The number of ether oxygens (including phenoxy) is 1. The van der Waals surface area contributed by atoms with Crippen molar-refractivity contribution >= 4 is 41.3 Å². The molecular weight excluding hydrogens is 471 g/mol. The number of halogens is 1. The van der Waals surface area contributed by atoms with Crippen molar-refractivity contribution in [3.05, 3.63) is 45.9 Å². The van der Waals surface area contributed by atoms with Crippen LogP contribution in [0.2, 0.25) is 0 Å². The lowest BCUT2D eigenvalue weighted by molar-refractivity contribution is 0.271. The first-order valence-corrected chi connectivity index (χ1v) is 10.0. The predicted octanol–water partition coefficient (Wildman–Crippen LogP) is 4.27. The van der Waals surface area contributed by atoms with Gasteiger partial charge in [0, 0.05) is 37.6 Å². The number of hydrogen-bond donors (Lipinski definition) is 2. The average molecular weight is 502 g/mol. The van der Waals surface area contributed by atoms with Crippen molar-refractivity contribution in [2.45, 2.75) is 40.2 Å². The van der Waals surface area contributed by atoms with Crippen LogP contribution in [0.3, 0.4) is 0 Å². The summed E-state index contributed by atoms with van der Waals surface area (Å²) < 4.78 is 5.79. The number of benzene rings is 1. The van der Waals surface area contributed by atoms with Gasteiger partial charge in [-0.05, 0) is 30.0 Å². The topological polar surface area (TPSA) is 58.5 Å². The zero-order valence-electron chi connectivity index (χ0n) is 16.6. The van der Waals surface area contributed by atoms with Crippen LogP contribution >= 0.6 is 35.3 Å². The molecule has 0 aliphatic heterocycles. The Morgan fingerprint density at radius 3 is 2.78 bits per heavy atom. The number of aromatic nitrogens is 1. The average Bonchev–Trinajstić information content (AvgIpc) is 3.11. The number of rotatable bonds is 9. The summed E-state index contributed by atoms with van der Waals surface area (Å²) in [5.41, 5.74) is 1.17. The van der Waals surface area contributed by atoms with Crippen LogP contribution in [0.25, 0.3) is 0 Å². The largest absolute Gasteiger partial charge is 0.493 e. The number of guanidine groups is 1. The molecule has 0 amide bonds. The Balaban J connectivity index is 0.00000364. The highest BCUT2D eigenvalue weighted by Crippen LogP contribution is 2.14. The Kier molecular flexibility index (Phi) is 11.3. The highest BCUT2D eigenvalue weighted by Gasteiger charge is 2.03. The second-order valence-electron chi connectivity index (χ2n) is 6.53. The van der Waals surface area contributed by atoms with E-state index in [0.29, 0.717) is 12.5 Å². The van der Waals surface area contributed by atoms with Crippen LogP contribution in [0.1, 0.15) is 36.2 Å². The first kappa shape index (κ1) is 23.7. The van der Waals surface area contributed by atoms with E-state index in [1.165, 1.54) is 15.4 Å². The maximum atomic E-state index is 5.79. The van der Waals surface area contributed by atoms with Crippen molar-refractivity contribution in [2.24, 2.45) is 10.9 Å². The SMILES string of the molecule is CCc1cnc(CCNC(=NC)NCc2cccc(OCC(C)C)c2)s1.I. The summed E-state index contributed by atoms with van der Waals surface area (Å²) in [7, 11) is 1.79. The van der Waals surface area contributed by atoms with Crippen molar-refractivity contribution < 1.29 is 4.74 Å². The molecule has 0 bridgehead atoms. The van der Waals surface area contributed by atoms with Crippen molar-refractivity contribution in [3.63, 3.8) is 0 Å². The molecule has 27 heavy (non-hydrogen) atoms. The summed E-state index contributed by atoms with van der Waals surface area (Å²) in [6.45, 7) is 8.70. The first-order chi connectivity index (χ1) is 12.6. The van der Waals surface area contributed by atoms with Gasteiger partial charge in [-0.25, -0.2) is 4.98 Å². The number of thiazole rings is 1. The summed E-state index contributed by atoms with van der Waals surface area (Å²) in [6.07, 6.45) is 3.93. The molecule has 0 aliphatic carbocycles. The van der Waals surface area contributed by atoms with Crippen molar-refractivity contribution in [3.8, 4) is 5.75 Å². The van der Waals surface area contributed by atoms with E-state index in [1.54, 1.807) is 18.4 Å². The quantitative estimate of drug-likeness (QED) is 0.306. The van der Waals surface area contributed by atoms with Crippen LogP contribution in [0.5, 0.6) is 5.75 Å². The summed E-state index contributed by atoms with van der Waals surface area (Å²) in [6, 6.07) is 8.18. The fraction of sp³-hybridized carbons (Fsp3) is 0.500. The van der Waals surface area contributed by atoms with Gasteiger partial charge in [0.25, 0.3) is 0 Å². The van der Waals surface area contributed by atoms with Gasteiger partial charge in [0.15, 0.2) is 5.96 Å². The second kappa shape index (κ2) is 12.9. The molecule has 2 aromatic rings. The zero-order chi connectivity index (χ0) is 18.8. The minimum Gasteiger partial charge on any atom is -0.493 e. The lowest BCUT2D eigenvalue weighted by Crippen LogP contribution is -2.37. The van der Waals surface area contributed by atoms with Gasteiger partial charge in [0.1, 0.15) is 5.75 Å². The number of aliphatic imine (C=N–C) groups is 1. The summed E-state index contributed by atoms with van der Waals surface area (Å²) in [4.78, 5) is 10.1. The van der Waals surface area contributed by atoms with Gasteiger partial charge in [-0.1, -0.05) is 32.9 Å². The number of nitrogens with zero attached hydrogens (tertiary/aromatic N) is 2. The van der Waals surface area contributed by atoms with Gasteiger partial charge in [0.2, 0.25) is 0 Å². The van der Waals surface area contributed by atoms with Crippen LogP contribution in [-0.4, -0.2) is 31.1 Å². The summed E-state index contributed by atoms with van der Waals surface area (Å²) in [5, 5.41) is 7.86. The molecule has 2 N–H and O–H groups in total. The fourth-order valence-electron chi connectivity index (χ4n) is 2.33. The molecule has 0 atom stereocenters. The summed E-state index contributed by atoms with van der Waals surface area (Å²) in [5.74, 6) is 2.23. The molecule has 0 aliphatic rings. The molecule has 2 rings (SSSR count). The lowest BCUT2D eigenvalue weighted by atomic mass is 10.2. The number of hydrogen-bond acceptors (Lipinski definition) is 4. The Morgan fingerprint density at radius 2 is 2.11 bits per heavy atom. The highest BCUT2D eigenvalue weighted by molar-refractivity contribution is 14.0. The minimum atomic E-state index is 0. The lowest BCUT2D eigenvalue weighted by Gasteiger charge is -2.13. The van der Waals surface area contributed by atoms with Crippen LogP contribution in [0.15, 0.2) is 35.5 Å². The molecule has 0 fully saturated rings. The molecular formula is C20H31IN4OS. The van der Waals surface area contributed by atoms with E-state index in [1.807, 2.05) is 18.3 Å². The Hall–Kier alpha value is -1.35. The van der Waals surface area contributed by atoms with Crippen LogP contribution in [-0.2, 0) is 19.4 Å². The van der Waals surface area contributed by atoms with Crippen molar-refractivity contribution in [1.82, 2.24) is 15.6 Å². The van der Waals surface area contributed by atoms with E-state index < -0.39 is 0 Å². The molecule has 0 spiro atoms. The van der Waals surface area contributed by atoms with E-state index in [0.717, 1.165) is 37.7 Å². The number of aryl methyl sites for hydroxylation is 1. The third-order valence-corrected chi connectivity index (χ3v) is 4.95. The van der Waals surface area contributed by atoms with Gasteiger partial charge in [-0.15, -0.1) is 35.3 Å². The highest BCUT2D eigenvalue weighted by atomic mass is 127. The molecule has 0 radical (unpaired) electrons. The maximum absolute atomic E-state index is 5.79. The van der Waals surface area contributed by atoms with Crippen molar-refractivity contribution in [2.75, 3.05) is 20.2 Å². The summed E-state index contributed by atoms with van der Waals surface area (Å²) >= 11 is 1.79. The van der Waals surface area contributed by atoms with E-state index in [-0.39, 0.29) is 24.0 Å². The fourth-order valence-corrected chi connectivity index (χ4v) is 3.19. The predicted molar refractivity (Wildman–Crippen MR) is 126 cm³/mol. The zero-order valence-corrected chi connectivity index (χ0v) is 19.8. The van der Waals surface area contributed by atoms with Crippen LogP contribution in [0, 0.1) is 5.92 Å². The number of nitrogens with one attached hydrogen (secondary N) is 2. The molecule has 0 unspecified atom stereocenters. The standard InChI is InChI=1S/C20H30N4OS.HI/c1-5-18-13-23-19(26-18)9-10-22-20(21-4)24-12-16-7-6-8-17(11-16)25-14-15(2)3;/h6-8,11,13,15H,5,9-10,12,14H2,1-4H3,(H2,21,22,24);1H. The molecule has 5 nitrogen and oxygen atoms in total. The second-order valence-corrected chi connectivity index (χ2v) is 7.73. The Bertz CT molecular complexity index is 703. The molecule has 0 saturated heterocycles. The molecule has 7 heteroatoms. The van der Waals surface area contributed by atoms with E-state index in [4.69, 9.17) is 4.74 Å². The van der Waals surface area contributed by atoms with Crippen molar-refractivity contribution in [1.29, 1.82) is 0 Å². The van der Waals surface area contributed by atoms with Crippen LogP contribution < -0.4 is 15.4 Å². The van der Waals surface area contributed by atoms with Gasteiger partial charge in [-0.3, -0.25) is 4.99 Å².